The summed E-state index contributed by atoms with van der Waals surface area (Å²) in [7, 11) is 0. The number of hydrogen-bond acceptors (Lipinski definition) is 5. The molecule has 6 heteroatoms. The molecule has 0 N–H and O–H groups in total. The molecule has 0 saturated heterocycles. The maximum atomic E-state index is 8.12. The molecule has 0 radical (unpaired) electrons. The van der Waals surface area contributed by atoms with Gasteiger partial charge in [-0.25, -0.2) is 4.98 Å². The van der Waals surface area contributed by atoms with Crippen LogP contribution < -0.4 is 4.74 Å². The molecule has 1 heterocycles. The molecule has 3 aromatic rings. The zero-order valence-electron chi connectivity index (χ0n) is 15.2. The summed E-state index contributed by atoms with van der Waals surface area (Å²) in [5.74, 6) is 0.939. The molecular formula is C20H20ClNO3S. The Morgan fingerprint density at radius 3 is 2.46 bits per heavy atom. The van der Waals surface area contributed by atoms with E-state index >= 15 is 0 Å². The Labute approximate surface area is 161 Å². The van der Waals surface area contributed by atoms with Crippen molar-refractivity contribution in [1.29, 1.82) is 0 Å². The summed E-state index contributed by atoms with van der Waals surface area (Å²) >= 11 is 7.91. The van der Waals surface area contributed by atoms with E-state index in [2.05, 4.69) is 37.9 Å². The van der Waals surface area contributed by atoms with Gasteiger partial charge in [0, 0.05) is 10.6 Å². The molecule has 0 amide bonds. The average Bonchev–Trinajstić information content (AvgIpc) is 2.97. The van der Waals surface area contributed by atoms with Crippen molar-refractivity contribution < 1.29 is 14.3 Å². The topological polar surface area (TPSA) is 56.3 Å². The second kappa shape index (κ2) is 8.95. The van der Waals surface area contributed by atoms with Gasteiger partial charge in [-0.2, -0.15) is 9.59 Å². The lowest BCUT2D eigenvalue weighted by Crippen LogP contribution is -2.00. The van der Waals surface area contributed by atoms with Crippen LogP contribution in [-0.4, -0.2) is 11.1 Å². The Hall–Kier alpha value is -2.20. The predicted molar refractivity (Wildman–Crippen MR) is 104 cm³/mol. The Morgan fingerprint density at radius 1 is 1.12 bits per heavy atom. The molecule has 0 aliphatic heterocycles. The number of aryl methyl sites for hydroxylation is 2. The molecule has 0 unspecified atom stereocenters. The largest absolute Gasteiger partial charge is 0.489 e. The summed E-state index contributed by atoms with van der Waals surface area (Å²) in [6.45, 7) is 8.97. The van der Waals surface area contributed by atoms with E-state index < -0.39 is 0 Å². The van der Waals surface area contributed by atoms with E-state index in [4.69, 9.17) is 25.9 Å². The monoisotopic (exact) mass is 389 g/mol. The standard InChI is InChI=1S/C19H20ClNOS.CO2/c1-5-14-6-7-18(12(3)11(14)2)22-10-15-8-16(20)9-17-19(15)23-13(4)21-17;2-1-3/h6-9H,5,10H2,1-4H3;. The van der Waals surface area contributed by atoms with E-state index in [0.29, 0.717) is 11.6 Å². The van der Waals surface area contributed by atoms with Crippen molar-refractivity contribution in [2.24, 2.45) is 0 Å². The first kappa shape index (κ1) is 20.1. The molecule has 2 aromatic carbocycles. The highest BCUT2D eigenvalue weighted by Crippen LogP contribution is 2.31. The van der Waals surface area contributed by atoms with Gasteiger partial charge in [0.1, 0.15) is 12.4 Å². The summed E-state index contributed by atoms with van der Waals surface area (Å²) in [6.07, 6.45) is 1.29. The van der Waals surface area contributed by atoms with Crippen LogP contribution >= 0.6 is 22.9 Å². The van der Waals surface area contributed by atoms with Crippen molar-refractivity contribution in [3.05, 3.63) is 56.5 Å². The van der Waals surface area contributed by atoms with Crippen LogP contribution in [-0.2, 0) is 22.6 Å². The van der Waals surface area contributed by atoms with Gasteiger partial charge in [0.15, 0.2) is 0 Å². The summed E-state index contributed by atoms with van der Waals surface area (Å²) < 4.78 is 7.25. The third-order valence-electron chi connectivity index (χ3n) is 4.25. The number of fused-ring (bicyclic) bond motifs is 1. The summed E-state index contributed by atoms with van der Waals surface area (Å²) in [6, 6.07) is 8.11. The number of ether oxygens (including phenoxy) is 1. The quantitative estimate of drug-likeness (QED) is 0.596. The van der Waals surface area contributed by atoms with Crippen molar-refractivity contribution in [3.63, 3.8) is 0 Å². The first-order valence-corrected chi connectivity index (χ1v) is 9.37. The van der Waals surface area contributed by atoms with E-state index in [1.54, 1.807) is 11.3 Å². The van der Waals surface area contributed by atoms with Gasteiger partial charge in [-0.05, 0) is 62.1 Å². The number of nitrogens with zero attached hydrogens (tertiary/aromatic N) is 1. The molecule has 26 heavy (non-hydrogen) atoms. The molecule has 4 nitrogen and oxygen atoms in total. The normalized spacial score (nSPS) is 10.2. The highest BCUT2D eigenvalue weighted by molar-refractivity contribution is 7.18. The minimum atomic E-state index is 0.250. The molecule has 136 valence electrons. The Kier molecular flexibility index (Phi) is 6.92. The van der Waals surface area contributed by atoms with Crippen molar-refractivity contribution >= 4 is 39.3 Å². The SMILES string of the molecule is CCc1ccc(OCc2cc(Cl)cc3nc(C)sc23)c(C)c1C.O=C=O. The first-order chi connectivity index (χ1) is 12.4. The van der Waals surface area contributed by atoms with Crippen LogP contribution in [0.3, 0.4) is 0 Å². The Morgan fingerprint density at radius 2 is 1.81 bits per heavy atom. The second-order valence-electron chi connectivity index (χ2n) is 5.84. The lowest BCUT2D eigenvalue weighted by Gasteiger charge is -2.14. The molecule has 0 spiro atoms. The molecule has 0 saturated carbocycles. The molecule has 3 rings (SSSR count). The van der Waals surface area contributed by atoms with Gasteiger partial charge in [-0.3, -0.25) is 0 Å². The van der Waals surface area contributed by atoms with Crippen molar-refractivity contribution in [2.75, 3.05) is 0 Å². The van der Waals surface area contributed by atoms with E-state index in [9.17, 15) is 0 Å². The van der Waals surface area contributed by atoms with Gasteiger partial charge in [0.05, 0.1) is 15.2 Å². The fourth-order valence-corrected chi connectivity index (χ4v) is 3.96. The fourth-order valence-electron chi connectivity index (χ4n) is 2.83. The fraction of sp³-hybridized carbons (Fsp3) is 0.300. The molecular weight excluding hydrogens is 370 g/mol. The van der Waals surface area contributed by atoms with E-state index in [1.807, 2.05) is 19.1 Å². The average molecular weight is 390 g/mol. The van der Waals surface area contributed by atoms with Crippen LogP contribution in [0.25, 0.3) is 10.2 Å². The first-order valence-electron chi connectivity index (χ1n) is 8.18. The van der Waals surface area contributed by atoms with Gasteiger partial charge in [-0.1, -0.05) is 24.6 Å². The molecule has 0 aliphatic carbocycles. The van der Waals surface area contributed by atoms with E-state index in [-0.39, 0.29) is 6.15 Å². The maximum Gasteiger partial charge on any atom is 0.373 e. The van der Waals surface area contributed by atoms with Crippen LogP contribution in [0.15, 0.2) is 24.3 Å². The predicted octanol–water partition coefficient (Wildman–Crippen LogP) is 5.43. The van der Waals surface area contributed by atoms with E-state index in [1.165, 1.54) is 16.7 Å². The molecule has 0 bridgehead atoms. The van der Waals surface area contributed by atoms with Crippen LogP contribution in [0.2, 0.25) is 5.02 Å². The van der Waals surface area contributed by atoms with Gasteiger partial charge >= 0.3 is 6.15 Å². The van der Waals surface area contributed by atoms with Gasteiger partial charge in [0.25, 0.3) is 0 Å². The van der Waals surface area contributed by atoms with Crippen LogP contribution in [0.1, 0.15) is 34.2 Å². The summed E-state index contributed by atoms with van der Waals surface area (Å²) in [5.41, 5.74) is 5.94. The van der Waals surface area contributed by atoms with Crippen LogP contribution in [0.5, 0.6) is 5.75 Å². The Balaban J connectivity index is 0.000000758. The van der Waals surface area contributed by atoms with Gasteiger partial charge in [0.2, 0.25) is 0 Å². The lowest BCUT2D eigenvalue weighted by molar-refractivity contribution is -0.191. The molecule has 1 aromatic heterocycles. The summed E-state index contributed by atoms with van der Waals surface area (Å²) in [5, 5.41) is 1.75. The highest BCUT2D eigenvalue weighted by Gasteiger charge is 2.11. The van der Waals surface area contributed by atoms with Crippen LogP contribution in [0.4, 0.5) is 0 Å². The van der Waals surface area contributed by atoms with Gasteiger partial charge < -0.3 is 4.74 Å². The van der Waals surface area contributed by atoms with E-state index in [0.717, 1.165) is 33.0 Å². The second-order valence-corrected chi connectivity index (χ2v) is 7.48. The lowest BCUT2D eigenvalue weighted by atomic mass is 10.0. The number of benzene rings is 2. The zero-order valence-corrected chi connectivity index (χ0v) is 16.8. The third-order valence-corrected chi connectivity index (χ3v) is 5.53. The molecule has 0 fully saturated rings. The number of aromatic nitrogens is 1. The van der Waals surface area contributed by atoms with Crippen molar-refractivity contribution in [3.8, 4) is 5.75 Å². The highest BCUT2D eigenvalue weighted by atomic mass is 35.5. The van der Waals surface area contributed by atoms with Crippen LogP contribution in [0, 0.1) is 20.8 Å². The maximum absolute atomic E-state index is 8.12. The number of hydrogen-bond donors (Lipinski definition) is 0. The van der Waals surface area contributed by atoms with Gasteiger partial charge in [-0.15, -0.1) is 11.3 Å². The molecule has 0 aliphatic rings. The summed E-state index contributed by atoms with van der Waals surface area (Å²) in [4.78, 5) is 20.8. The minimum Gasteiger partial charge on any atom is -0.489 e. The minimum absolute atomic E-state index is 0.250. The smallest absolute Gasteiger partial charge is 0.373 e. The number of carbonyl (C=O) groups excluding carboxylic acids is 2. The third kappa shape index (κ3) is 4.50. The van der Waals surface area contributed by atoms with Crippen molar-refractivity contribution in [2.45, 2.75) is 40.7 Å². The van der Waals surface area contributed by atoms with Crippen molar-refractivity contribution in [1.82, 2.24) is 4.98 Å². The zero-order chi connectivity index (χ0) is 19.3. The molecule has 0 atom stereocenters. The number of rotatable bonds is 4. The Bertz CT molecular complexity index is 959. The number of thiazole rings is 1. The number of halogens is 1.